The summed E-state index contributed by atoms with van der Waals surface area (Å²) >= 11 is 12.9. The van der Waals surface area contributed by atoms with Crippen molar-refractivity contribution in [3.63, 3.8) is 0 Å². The molecule has 8 atom stereocenters. The van der Waals surface area contributed by atoms with E-state index in [1.54, 1.807) is 12.1 Å². The molecule has 0 amide bonds. The standard InChI is InChI=1S/C38H46Cl2N2O8.2BrH/c1-22(43)49-34-11-5-24(13-32(34)39)20-41(3)28-7-8-29(41)16-26(15-28)38(37(47)48,19-36(45)46)27-17-30-9-10-31(18-27)42(30,4)21-25-6-12-35(33(40)14-25)50-23(2)44;;/h5-6,11-14,26-31H,7-10,15-21H2,1-4H3;2*1H/t26?,27?,28-,29+,30-,31+,38?,41?,42?;;. The molecule has 4 saturated heterocycles. The van der Waals surface area contributed by atoms with Crippen LogP contribution in [0.25, 0.3) is 0 Å². The van der Waals surface area contributed by atoms with Crippen molar-refractivity contribution < 1.29 is 81.8 Å². The minimum Gasteiger partial charge on any atom is -1.00 e. The van der Waals surface area contributed by atoms with E-state index in [1.165, 1.54) is 13.8 Å². The van der Waals surface area contributed by atoms with Gasteiger partial charge in [0, 0.05) is 76.3 Å². The number of carbonyl (C=O) groups excluding carboxylic acids is 2. The van der Waals surface area contributed by atoms with Gasteiger partial charge in [-0.25, -0.2) is 0 Å². The molecule has 52 heavy (non-hydrogen) atoms. The Morgan fingerprint density at radius 2 is 1.04 bits per heavy atom. The van der Waals surface area contributed by atoms with E-state index in [4.69, 9.17) is 32.7 Å². The van der Waals surface area contributed by atoms with Gasteiger partial charge >= 0.3 is 23.9 Å². The second-order valence-corrected chi connectivity index (χ2v) is 16.6. The first kappa shape index (κ1) is 42.5. The number of carboxylic acid groups (broad SMARTS) is 2. The van der Waals surface area contributed by atoms with Gasteiger partial charge in [0.2, 0.25) is 0 Å². The number of hydrogen-bond donors (Lipinski definition) is 2. The Kier molecular flexibility index (Phi) is 13.3. The third-order valence-electron chi connectivity index (χ3n) is 13.1. The molecular weight excluding hydrogens is 843 g/mol. The molecule has 2 aromatic carbocycles. The Morgan fingerprint density at radius 3 is 1.31 bits per heavy atom. The van der Waals surface area contributed by atoms with Gasteiger partial charge in [-0.15, -0.1) is 0 Å². The number of halogens is 4. The fraction of sp³-hybridized carbons (Fsp3) is 0.579. The van der Waals surface area contributed by atoms with Crippen LogP contribution in [0.5, 0.6) is 11.5 Å². The lowest BCUT2D eigenvalue weighted by Crippen LogP contribution is -3.00. The number of aliphatic carboxylic acids is 2. The third kappa shape index (κ3) is 7.94. The summed E-state index contributed by atoms with van der Waals surface area (Å²) in [5.41, 5.74) is 0.678. The van der Waals surface area contributed by atoms with Crippen LogP contribution in [0.15, 0.2) is 36.4 Å². The number of nitrogens with zero attached hydrogens (tertiary/aromatic N) is 2. The summed E-state index contributed by atoms with van der Waals surface area (Å²) in [4.78, 5) is 49.2. The topological polar surface area (TPSA) is 127 Å². The van der Waals surface area contributed by atoms with Crippen LogP contribution in [0, 0.1) is 17.3 Å². The van der Waals surface area contributed by atoms with Crippen molar-refractivity contribution in [2.24, 2.45) is 17.3 Å². The lowest BCUT2D eigenvalue weighted by molar-refractivity contribution is -0.963. The van der Waals surface area contributed by atoms with Crippen LogP contribution < -0.4 is 43.4 Å². The first-order valence-corrected chi connectivity index (χ1v) is 18.4. The van der Waals surface area contributed by atoms with E-state index in [-0.39, 0.29) is 76.4 Å². The molecule has 4 aliphatic heterocycles. The van der Waals surface area contributed by atoms with Crippen LogP contribution in [0.1, 0.15) is 82.8 Å². The zero-order chi connectivity index (χ0) is 36.2. The fourth-order valence-electron chi connectivity index (χ4n) is 10.7. The number of hydrogen-bond acceptors (Lipinski definition) is 6. The third-order valence-corrected chi connectivity index (χ3v) is 13.7. The van der Waals surface area contributed by atoms with Gasteiger partial charge < -0.3 is 62.6 Å². The fourth-order valence-corrected chi connectivity index (χ4v) is 11.2. The van der Waals surface area contributed by atoms with Crippen molar-refractivity contribution in [1.29, 1.82) is 0 Å². The van der Waals surface area contributed by atoms with Crippen molar-refractivity contribution in [3.8, 4) is 11.5 Å². The number of esters is 2. The van der Waals surface area contributed by atoms with Crippen molar-refractivity contribution in [2.75, 3.05) is 14.1 Å². The predicted molar refractivity (Wildman–Crippen MR) is 187 cm³/mol. The van der Waals surface area contributed by atoms with Crippen molar-refractivity contribution in [3.05, 3.63) is 57.6 Å². The molecule has 0 aromatic heterocycles. The van der Waals surface area contributed by atoms with E-state index < -0.39 is 29.3 Å². The van der Waals surface area contributed by atoms with Gasteiger partial charge in [0.25, 0.3) is 0 Å². The van der Waals surface area contributed by atoms with Crippen LogP contribution in [0.2, 0.25) is 10.0 Å². The molecular formula is C38H48Br2Cl2N2O8. The molecule has 4 fully saturated rings. The summed E-state index contributed by atoms with van der Waals surface area (Å²) in [6.45, 7) is 4.08. The number of piperidine rings is 2. The zero-order valence-electron chi connectivity index (χ0n) is 30.0. The van der Waals surface area contributed by atoms with Gasteiger partial charge in [-0.2, -0.15) is 0 Å². The number of fused-ring (bicyclic) bond motifs is 4. The Balaban J connectivity index is 0.00000302. The number of quaternary nitrogens is 2. The van der Waals surface area contributed by atoms with E-state index in [0.717, 1.165) is 45.8 Å². The molecule has 14 heteroatoms. The molecule has 0 saturated carbocycles. The Morgan fingerprint density at radius 1 is 0.692 bits per heavy atom. The summed E-state index contributed by atoms with van der Waals surface area (Å²) < 4.78 is 11.9. The smallest absolute Gasteiger partial charge is 0.310 e. The van der Waals surface area contributed by atoms with Gasteiger partial charge in [-0.3, -0.25) is 19.2 Å². The second-order valence-electron chi connectivity index (χ2n) is 15.7. The van der Waals surface area contributed by atoms with Gasteiger partial charge in [0.1, 0.15) is 24.6 Å². The largest absolute Gasteiger partial charge is 1.00 e. The predicted octanol–water partition coefficient (Wildman–Crippen LogP) is 0.873. The molecule has 6 rings (SSSR count). The first-order valence-electron chi connectivity index (χ1n) is 17.6. The monoisotopic (exact) mass is 888 g/mol. The summed E-state index contributed by atoms with van der Waals surface area (Å²) in [5.74, 6) is -2.74. The highest BCUT2D eigenvalue weighted by molar-refractivity contribution is 6.32. The van der Waals surface area contributed by atoms with Crippen molar-refractivity contribution >= 4 is 47.1 Å². The van der Waals surface area contributed by atoms with Crippen LogP contribution in [-0.2, 0) is 32.3 Å². The van der Waals surface area contributed by atoms with E-state index >= 15 is 0 Å². The minimum atomic E-state index is -1.35. The maximum atomic E-state index is 13.6. The zero-order valence-corrected chi connectivity index (χ0v) is 34.6. The van der Waals surface area contributed by atoms with Crippen molar-refractivity contribution in [2.45, 2.75) is 109 Å². The molecule has 4 aliphatic rings. The average Bonchev–Trinajstić information content (AvgIpc) is 3.27. The number of rotatable bonds is 11. The van der Waals surface area contributed by atoms with Crippen LogP contribution >= 0.6 is 23.2 Å². The molecule has 0 spiro atoms. The number of benzene rings is 2. The highest BCUT2D eigenvalue weighted by atomic mass is 79.9. The van der Waals surface area contributed by atoms with Crippen molar-refractivity contribution in [1.82, 2.24) is 0 Å². The molecule has 0 aliphatic carbocycles. The van der Waals surface area contributed by atoms with Gasteiger partial charge in [-0.05, 0) is 48.2 Å². The molecule has 4 heterocycles. The van der Waals surface area contributed by atoms with Crippen LogP contribution in [-0.4, -0.2) is 81.3 Å². The second kappa shape index (κ2) is 16.3. The normalized spacial score (nSPS) is 31.3. The van der Waals surface area contributed by atoms with E-state index in [0.29, 0.717) is 60.3 Å². The molecule has 4 bridgehead atoms. The Labute approximate surface area is 336 Å². The SMILES string of the molecule is CC(=O)Oc1ccc(C[N+]2(C)[C@@H]3CC[C@H]2CC(C(CC(=O)O)(C(=O)O)C2C[C@H]4CC[C@@H](C2)[N+]4(C)Cc2ccc(OC(C)=O)c(Cl)c2)C3)cc1Cl.[Br-].[Br-]. The van der Waals surface area contributed by atoms with Gasteiger partial charge in [0.15, 0.2) is 0 Å². The summed E-state index contributed by atoms with van der Waals surface area (Å²) in [6.07, 6.45) is 6.13. The van der Waals surface area contributed by atoms with Gasteiger partial charge in [-0.1, -0.05) is 23.2 Å². The number of ether oxygens (including phenoxy) is 2. The maximum Gasteiger partial charge on any atom is 0.310 e. The number of carboxylic acids is 2. The lowest BCUT2D eigenvalue weighted by Gasteiger charge is -2.55. The van der Waals surface area contributed by atoms with Gasteiger partial charge in [0.05, 0.1) is 60.1 Å². The van der Waals surface area contributed by atoms with E-state index in [9.17, 15) is 29.4 Å². The Bertz CT molecular complexity index is 1580. The molecule has 4 unspecified atom stereocenters. The van der Waals surface area contributed by atoms with E-state index in [2.05, 4.69) is 14.1 Å². The number of carbonyl (C=O) groups is 4. The lowest BCUT2D eigenvalue weighted by atomic mass is 9.57. The highest BCUT2D eigenvalue weighted by Crippen LogP contribution is 2.59. The van der Waals surface area contributed by atoms with Crippen LogP contribution in [0.3, 0.4) is 0 Å². The minimum absolute atomic E-state index is 0. The average molecular weight is 892 g/mol. The molecule has 0 radical (unpaired) electrons. The summed E-state index contributed by atoms with van der Waals surface area (Å²) in [6, 6.07) is 11.8. The quantitative estimate of drug-likeness (QED) is 0.194. The summed E-state index contributed by atoms with van der Waals surface area (Å²) in [7, 11) is 4.47. The summed E-state index contributed by atoms with van der Waals surface area (Å²) in [5, 5.41) is 22.2. The molecule has 10 nitrogen and oxygen atoms in total. The van der Waals surface area contributed by atoms with E-state index in [1.807, 2.05) is 24.3 Å². The molecule has 286 valence electrons. The maximum absolute atomic E-state index is 13.6. The molecule has 2 aromatic rings. The Hall–Kier alpha value is -2.22. The first-order chi connectivity index (χ1) is 23.5. The highest BCUT2D eigenvalue weighted by Gasteiger charge is 2.64. The van der Waals surface area contributed by atoms with Crippen LogP contribution in [0.4, 0.5) is 0 Å². The molecule has 2 N–H and O–H groups in total.